The summed E-state index contributed by atoms with van der Waals surface area (Å²) in [4.78, 5) is 12.0. The lowest BCUT2D eigenvalue weighted by atomic mass is 9.48. The van der Waals surface area contributed by atoms with E-state index in [4.69, 9.17) is 0 Å². The number of sulfone groups is 1. The number of amides is 1. The number of carbonyl (C=O) groups excluding carboxylic acids is 1. The van der Waals surface area contributed by atoms with Crippen molar-refractivity contribution in [2.45, 2.75) is 54.6 Å². The highest BCUT2D eigenvalue weighted by molar-refractivity contribution is 7.91. The van der Waals surface area contributed by atoms with E-state index in [-0.39, 0.29) is 5.56 Å². The monoisotopic (exact) mass is 445 g/mol. The summed E-state index contributed by atoms with van der Waals surface area (Å²) >= 11 is 0. The van der Waals surface area contributed by atoms with Crippen LogP contribution < -0.4 is 5.32 Å². The van der Waals surface area contributed by atoms with Crippen molar-refractivity contribution in [3.8, 4) is 0 Å². The van der Waals surface area contributed by atoms with Crippen molar-refractivity contribution in [2.24, 2.45) is 17.8 Å². The topological polar surface area (TPSA) is 63.2 Å². The first-order chi connectivity index (χ1) is 14.7. The highest BCUT2D eigenvalue weighted by atomic mass is 32.2. The molecule has 164 valence electrons. The molecule has 0 aliphatic heterocycles. The number of hydrogen-bond acceptors (Lipinski definition) is 3. The molecule has 6 rings (SSSR count). The molecule has 0 saturated heterocycles. The molecule has 1 N–H and O–H groups in total. The molecule has 7 heteroatoms. The van der Waals surface area contributed by atoms with Gasteiger partial charge in [0.25, 0.3) is 5.91 Å². The Morgan fingerprint density at radius 2 is 1.39 bits per heavy atom. The highest BCUT2D eigenvalue weighted by Gasteiger charge is 2.51. The average molecular weight is 446 g/mol. The first-order valence-corrected chi connectivity index (χ1v) is 12.3. The second-order valence-corrected chi connectivity index (χ2v) is 11.5. The Morgan fingerprint density at radius 3 is 1.87 bits per heavy atom. The minimum absolute atomic E-state index is 0.207. The molecule has 31 heavy (non-hydrogen) atoms. The second kappa shape index (κ2) is 7.40. The lowest BCUT2D eigenvalue weighted by molar-refractivity contribution is -0.00518. The first-order valence-electron chi connectivity index (χ1n) is 10.8. The van der Waals surface area contributed by atoms with Gasteiger partial charge in [-0.05, 0) is 104 Å². The molecule has 4 nitrogen and oxygen atoms in total. The standard InChI is InChI=1S/C24H25F2NO3S/c25-23(26)31(29,30)21-7-1-18(2-8-21)22(28)27-20-5-3-19(4-6-20)24-12-15-9-16(13-24)11-17(10-15)14-24/h1-8,15-17,23H,9-14H2,(H,27,28). The summed E-state index contributed by atoms with van der Waals surface area (Å²) in [5.41, 5.74) is 2.52. The molecule has 2 aromatic rings. The van der Waals surface area contributed by atoms with Gasteiger partial charge in [0, 0.05) is 11.3 Å². The predicted molar refractivity (Wildman–Crippen MR) is 114 cm³/mol. The molecule has 0 heterocycles. The number of anilines is 1. The summed E-state index contributed by atoms with van der Waals surface area (Å²) in [6.45, 7) is 0. The summed E-state index contributed by atoms with van der Waals surface area (Å²) in [5.74, 6) is -1.31. The van der Waals surface area contributed by atoms with Gasteiger partial charge in [0.1, 0.15) is 0 Å². The maximum Gasteiger partial charge on any atom is 0.341 e. The quantitative estimate of drug-likeness (QED) is 0.670. The smallest absolute Gasteiger partial charge is 0.322 e. The van der Waals surface area contributed by atoms with E-state index in [9.17, 15) is 22.0 Å². The Hall–Kier alpha value is -2.28. The van der Waals surface area contributed by atoms with E-state index in [0.29, 0.717) is 11.1 Å². The molecular formula is C24H25F2NO3S. The van der Waals surface area contributed by atoms with E-state index in [1.807, 2.05) is 12.1 Å². The van der Waals surface area contributed by atoms with Crippen molar-refractivity contribution >= 4 is 21.4 Å². The fourth-order valence-electron chi connectivity index (χ4n) is 6.47. The zero-order valence-corrected chi connectivity index (χ0v) is 17.9. The molecule has 0 radical (unpaired) electrons. The summed E-state index contributed by atoms with van der Waals surface area (Å²) in [6, 6.07) is 12.6. The highest BCUT2D eigenvalue weighted by Crippen LogP contribution is 2.60. The van der Waals surface area contributed by atoms with Gasteiger partial charge < -0.3 is 5.32 Å². The van der Waals surface area contributed by atoms with Gasteiger partial charge in [0.05, 0.1) is 4.90 Å². The summed E-state index contributed by atoms with van der Waals surface area (Å²) in [7, 11) is -4.67. The van der Waals surface area contributed by atoms with E-state index >= 15 is 0 Å². The van der Waals surface area contributed by atoms with Crippen LogP contribution in [-0.4, -0.2) is 20.1 Å². The average Bonchev–Trinajstić information content (AvgIpc) is 2.73. The Balaban J connectivity index is 1.29. The molecule has 4 saturated carbocycles. The van der Waals surface area contributed by atoms with Gasteiger partial charge >= 0.3 is 5.76 Å². The molecule has 0 atom stereocenters. The molecule has 4 bridgehead atoms. The Kier molecular flexibility index (Phi) is 4.92. The van der Waals surface area contributed by atoms with Gasteiger partial charge in [0.2, 0.25) is 9.84 Å². The third kappa shape index (κ3) is 3.67. The lowest BCUT2D eigenvalue weighted by Gasteiger charge is -2.57. The Labute approximate surface area is 181 Å². The van der Waals surface area contributed by atoms with Crippen molar-refractivity contribution < 1.29 is 22.0 Å². The summed E-state index contributed by atoms with van der Waals surface area (Å²) in [6.07, 6.45) is 8.01. The number of benzene rings is 2. The molecule has 1 amide bonds. The zero-order valence-electron chi connectivity index (χ0n) is 17.1. The second-order valence-electron chi connectivity index (χ2n) is 9.56. The van der Waals surface area contributed by atoms with E-state index in [1.54, 1.807) is 0 Å². The van der Waals surface area contributed by atoms with E-state index in [1.165, 1.54) is 56.2 Å². The molecular weight excluding hydrogens is 420 g/mol. The van der Waals surface area contributed by atoms with Crippen LogP contribution in [0.5, 0.6) is 0 Å². The van der Waals surface area contributed by atoms with E-state index in [0.717, 1.165) is 29.9 Å². The summed E-state index contributed by atoms with van der Waals surface area (Å²) < 4.78 is 48.3. The number of alkyl halides is 2. The van der Waals surface area contributed by atoms with Crippen LogP contribution in [0.1, 0.15) is 54.4 Å². The van der Waals surface area contributed by atoms with Crippen molar-refractivity contribution in [3.05, 3.63) is 59.7 Å². The largest absolute Gasteiger partial charge is 0.341 e. The number of nitrogens with one attached hydrogen (secondary N) is 1. The van der Waals surface area contributed by atoms with Crippen LogP contribution >= 0.6 is 0 Å². The lowest BCUT2D eigenvalue weighted by Crippen LogP contribution is -2.48. The third-order valence-electron chi connectivity index (χ3n) is 7.47. The van der Waals surface area contributed by atoms with Crippen molar-refractivity contribution in [1.82, 2.24) is 0 Å². The van der Waals surface area contributed by atoms with Crippen LogP contribution in [0.2, 0.25) is 0 Å². The van der Waals surface area contributed by atoms with Crippen LogP contribution in [0.15, 0.2) is 53.4 Å². The van der Waals surface area contributed by atoms with Crippen LogP contribution in [-0.2, 0) is 15.3 Å². The van der Waals surface area contributed by atoms with Gasteiger partial charge in [0.15, 0.2) is 0 Å². The van der Waals surface area contributed by atoms with Crippen molar-refractivity contribution in [2.75, 3.05) is 5.32 Å². The number of halogens is 2. The maximum atomic E-state index is 12.6. The van der Waals surface area contributed by atoms with Gasteiger partial charge in [-0.3, -0.25) is 4.79 Å². The van der Waals surface area contributed by atoms with Crippen LogP contribution in [0.3, 0.4) is 0 Å². The fraction of sp³-hybridized carbons (Fsp3) is 0.458. The van der Waals surface area contributed by atoms with Crippen molar-refractivity contribution in [1.29, 1.82) is 0 Å². The first kappa shape index (κ1) is 20.6. The van der Waals surface area contributed by atoms with Gasteiger partial charge in [-0.15, -0.1) is 0 Å². The summed E-state index contributed by atoms with van der Waals surface area (Å²) in [5, 5.41) is 2.80. The van der Waals surface area contributed by atoms with E-state index < -0.39 is 26.4 Å². The minimum Gasteiger partial charge on any atom is -0.322 e. The molecule has 4 fully saturated rings. The van der Waals surface area contributed by atoms with E-state index in [2.05, 4.69) is 17.4 Å². The van der Waals surface area contributed by atoms with Crippen LogP contribution in [0.25, 0.3) is 0 Å². The van der Waals surface area contributed by atoms with Crippen molar-refractivity contribution in [3.63, 3.8) is 0 Å². The minimum atomic E-state index is -4.67. The molecule has 2 aromatic carbocycles. The van der Waals surface area contributed by atoms with Gasteiger partial charge in [-0.25, -0.2) is 8.42 Å². The molecule has 0 spiro atoms. The third-order valence-corrected chi connectivity index (χ3v) is 8.87. The Bertz CT molecular complexity index is 1060. The molecule has 4 aliphatic carbocycles. The van der Waals surface area contributed by atoms with Gasteiger partial charge in [-0.2, -0.15) is 8.78 Å². The predicted octanol–water partition coefficient (Wildman–Crippen LogP) is 5.40. The fourth-order valence-corrected chi connectivity index (χ4v) is 7.19. The number of carbonyl (C=O) groups is 1. The normalized spacial score (nSPS) is 29.3. The Morgan fingerprint density at radius 1 is 0.871 bits per heavy atom. The SMILES string of the molecule is O=C(Nc1ccc(C23CC4CC(CC(C4)C2)C3)cc1)c1ccc(S(=O)(=O)C(F)F)cc1. The zero-order chi connectivity index (χ0) is 21.8. The van der Waals surface area contributed by atoms with Gasteiger partial charge in [-0.1, -0.05) is 12.1 Å². The van der Waals surface area contributed by atoms with Crippen LogP contribution in [0.4, 0.5) is 14.5 Å². The number of rotatable bonds is 5. The maximum absolute atomic E-state index is 12.6. The van der Waals surface area contributed by atoms with Crippen LogP contribution in [0, 0.1) is 17.8 Å². The molecule has 4 aliphatic rings. The molecule has 0 unspecified atom stereocenters. The number of hydrogen-bond donors (Lipinski definition) is 1. The molecule has 0 aromatic heterocycles.